The molecule has 0 aliphatic carbocycles. The van der Waals surface area contributed by atoms with E-state index in [9.17, 15) is 9.18 Å². The van der Waals surface area contributed by atoms with E-state index in [0.29, 0.717) is 12.1 Å². The number of carbonyl (C=O) groups excluding carboxylic acids is 1. The van der Waals surface area contributed by atoms with Gasteiger partial charge in [0.25, 0.3) is 0 Å². The fraction of sp³-hybridized carbons (Fsp3) is 0.120. The molecule has 0 aliphatic heterocycles. The zero-order chi connectivity index (χ0) is 21.8. The number of hydrogen-bond donors (Lipinski definition) is 1. The maximum absolute atomic E-state index is 13.8. The van der Waals surface area contributed by atoms with Crippen LogP contribution in [0.4, 0.5) is 4.39 Å². The van der Waals surface area contributed by atoms with Crippen LogP contribution in [0, 0.1) is 5.82 Å². The van der Waals surface area contributed by atoms with Crippen molar-refractivity contribution < 1.29 is 9.18 Å². The van der Waals surface area contributed by atoms with Crippen LogP contribution in [-0.2, 0) is 11.3 Å². The Morgan fingerprint density at radius 1 is 1.03 bits per heavy atom. The van der Waals surface area contributed by atoms with E-state index >= 15 is 0 Å². The van der Waals surface area contributed by atoms with Crippen LogP contribution in [0.5, 0.6) is 0 Å². The molecule has 1 aromatic heterocycles. The molecular formula is C25H23FN4O. The molecule has 4 rings (SSSR count). The van der Waals surface area contributed by atoms with Crippen LogP contribution in [0.3, 0.4) is 0 Å². The van der Waals surface area contributed by atoms with Crippen molar-refractivity contribution in [3.63, 3.8) is 0 Å². The topological polar surface area (TPSA) is 64.2 Å². The molecule has 0 radical (unpaired) electrons. The van der Waals surface area contributed by atoms with Gasteiger partial charge in [0.05, 0.1) is 11.4 Å². The molecule has 0 aliphatic rings. The number of nitrogens with two attached hydrogens (primary N) is 1. The second-order valence-electron chi connectivity index (χ2n) is 7.42. The molecule has 4 aromatic rings. The third-order valence-electron chi connectivity index (χ3n) is 5.15. The molecule has 0 bridgehead atoms. The fourth-order valence-corrected chi connectivity index (χ4v) is 3.75. The summed E-state index contributed by atoms with van der Waals surface area (Å²) in [5, 5.41) is 4.81. The van der Waals surface area contributed by atoms with Crippen LogP contribution in [-0.4, -0.2) is 27.6 Å². The lowest BCUT2D eigenvalue weighted by molar-refractivity contribution is -0.123. The van der Waals surface area contributed by atoms with E-state index in [2.05, 4.69) is 0 Å². The summed E-state index contributed by atoms with van der Waals surface area (Å²) in [4.78, 5) is 14.1. The fourth-order valence-electron chi connectivity index (χ4n) is 3.75. The summed E-state index contributed by atoms with van der Waals surface area (Å²) in [6.07, 6.45) is 1.96. The monoisotopic (exact) mass is 414 g/mol. The second kappa shape index (κ2) is 8.93. The van der Waals surface area contributed by atoms with Crippen molar-refractivity contribution in [1.29, 1.82) is 0 Å². The molecule has 2 N–H and O–H groups in total. The first-order chi connectivity index (χ1) is 15.0. The second-order valence-corrected chi connectivity index (χ2v) is 7.42. The van der Waals surface area contributed by atoms with Crippen molar-refractivity contribution in [2.24, 2.45) is 5.73 Å². The maximum Gasteiger partial charge on any atom is 0.239 e. The lowest BCUT2D eigenvalue weighted by Gasteiger charge is -2.25. The third-order valence-corrected chi connectivity index (χ3v) is 5.15. The maximum atomic E-state index is 13.8. The van der Waals surface area contributed by atoms with E-state index in [-0.39, 0.29) is 0 Å². The largest absolute Gasteiger partial charge is 0.368 e. The Bertz CT molecular complexity index is 1170. The van der Waals surface area contributed by atoms with Gasteiger partial charge in [-0.3, -0.25) is 9.69 Å². The van der Waals surface area contributed by atoms with Crippen molar-refractivity contribution in [3.05, 3.63) is 108 Å². The number of halogens is 1. The van der Waals surface area contributed by atoms with Crippen LogP contribution in [0.15, 0.2) is 91.1 Å². The van der Waals surface area contributed by atoms with E-state index < -0.39 is 17.8 Å². The van der Waals surface area contributed by atoms with Gasteiger partial charge in [-0.1, -0.05) is 60.7 Å². The van der Waals surface area contributed by atoms with Gasteiger partial charge in [0.2, 0.25) is 5.91 Å². The number of aromatic nitrogens is 2. The number of likely N-dealkylation sites (N-methyl/N-ethyl adjacent to an activating group) is 1. The molecule has 1 amide bonds. The molecule has 0 fully saturated rings. The number of nitrogens with zero attached hydrogens (tertiary/aromatic N) is 3. The number of rotatable bonds is 7. The van der Waals surface area contributed by atoms with E-state index in [1.165, 1.54) is 12.1 Å². The molecule has 6 heteroatoms. The standard InChI is InChI=1S/C25H23FN4O/c1-29(24(25(27)31)19-11-8-12-21(26)15-19)16-20-17-30(22-13-6-3-7-14-22)28-23(20)18-9-4-2-5-10-18/h2-15,17,24H,16H2,1H3,(H2,27,31). The van der Waals surface area contributed by atoms with Gasteiger partial charge < -0.3 is 5.73 Å². The van der Waals surface area contributed by atoms with Crippen molar-refractivity contribution in [2.45, 2.75) is 12.6 Å². The average Bonchev–Trinajstić information content (AvgIpc) is 3.18. The van der Waals surface area contributed by atoms with Gasteiger partial charge in [0.1, 0.15) is 11.9 Å². The van der Waals surface area contributed by atoms with Gasteiger partial charge in [-0.2, -0.15) is 5.10 Å². The van der Waals surface area contributed by atoms with E-state index in [1.807, 2.05) is 76.4 Å². The molecule has 5 nitrogen and oxygen atoms in total. The van der Waals surface area contributed by atoms with Crippen molar-refractivity contribution in [1.82, 2.24) is 14.7 Å². The van der Waals surface area contributed by atoms with Gasteiger partial charge in [0, 0.05) is 23.9 Å². The highest BCUT2D eigenvalue weighted by Gasteiger charge is 2.25. The Balaban J connectivity index is 1.72. The summed E-state index contributed by atoms with van der Waals surface area (Å²) in [5.41, 5.74) is 9.87. The summed E-state index contributed by atoms with van der Waals surface area (Å²) >= 11 is 0. The minimum atomic E-state index is -0.764. The van der Waals surface area contributed by atoms with Crippen LogP contribution >= 0.6 is 0 Å². The van der Waals surface area contributed by atoms with Crippen LogP contribution in [0.2, 0.25) is 0 Å². The van der Waals surface area contributed by atoms with Gasteiger partial charge in [-0.25, -0.2) is 9.07 Å². The van der Waals surface area contributed by atoms with Crippen LogP contribution < -0.4 is 5.73 Å². The van der Waals surface area contributed by atoms with Gasteiger partial charge in [0.15, 0.2) is 0 Å². The number of amides is 1. The Morgan fingerprint density at radius 3 is 2.35 bits per heavy atom. The smallest absolute Gasteiger partial charge is 0.239 e. The Kier molecular flexibility index (Phi) is 5.91. The Morgan fingerprint density at radius 2 is 1.71 bits per heavy atom. The highest BCUT2D eigenvalue weighted by atomic mass is 19.1. The van der Waals surface area contributed by atoms with Crippen molar-refractivity contribution >= 4 is 5.91 Å². The molecule has 1 atom stereocenters. The summed E-state index contributed by atoms with van der Waals surface area (Å²) in [6.45, 7) is 0.404. The first kappa shape index (κ1) is 20.5. The molecular weight excluding hydrogens is 391 g/mol. The van der Waals surface area contributed by atoms with E-state index in [1.54, 1.807) is 19.2 Å². The number of benzene rings is 3. The molecule has 156 valence electrons. The van der Waals surface area contributed by atoms with Crippen molar-refractivity contribution in [3.8, 4) is 16.9 Å². The molecule has 0 saturated heterocycles. The minimum Gasteiger partial charge on any atom is -0.368 e. The van der Waals surface area contributed by atoms with Gasteiger partial charge in [-0.05, 0) is 36.9 Å². The highest BCUT2D eigenvalue weighted by Crippen LogP contribution is 2.28. The number of primary amides is 1. The van der Waals surface area contributed by atoms with E-state index in [0.717, 1.165) is 22.5 Å². The first-order valence-electron chi connectivity index (χ1n) is 9.97. The zero-order valence-corrected chi connectivity index (χ0v) is 17.1. The molecule has 0 saturated carbocycles. The third kappa shape index (κ3) is 4.54. The summed E-state index contributed by atoms with van der Waals surface area (Å²) in [7, 11) is 1.80. The summed E-state index contributed by atoms with van der Waals surface area (Å²) in [6, 6.07) is 24.9. The average molecular weight is 414 g/mol. The summed E-state index contributed by atoms with van der Waals surface area (Å²) < 4.78 is 15.6. The lowest BCUT2D eigenvalue weighted by atomic mass is 10.0. The zero-order valence-electron chi connectivity index (χ0n) is 17.1. The normalized spacial score (nSPS) is 12.1. The molecule has 1 unspecified atom stereocenters. The van der Waals surface area contributed by atoms with Gasteiger partial charge in [-0.15, -0.1) is 0 Å². The predicted molar refractivity (Wildman–Crippen MR) is 119 cm³/mol. The quantitative estimate of drug-likeness (QED) is 0.489. The lowest BCUT2D eigenvalue weighted by Crippen LogP contribution is -2.35. The molecule has 31 heavy (non-hydrogen) atoms. The Labute approximate surface area is 180 Å². The minimum absolute atomic E-state index is 0.404. The van der Waals surface area contributed by atoms with E-state index in [4.69, 9.17) is 10.8 Å². The molecule has 1 heterocycles. The summed E-state index contributed by atoms with van der Waals surface area (Å²) in [5.74, 6) is -0.941. The first-order valence-corrected chi connectivity index (χ1v) is 9.97. The molecule has 3 aromatic carbocycles. The highest BCUT2D eigenvalue weighted by molar-refractivity contribution is 5.81. The van der Waals surface area contributed by atoms with Gasteiger partial charge >= 0.3 is 0 Å². The number of carbonyl (C=O) groups is 1. The van der Waals surface area contributed by atoms with Crippen LogP contribution in [0.25, 0.3) is 16.9 Å². The predicted octanol–water partition coefficient (Wildman–Crippen LogP) is 4.34. The molecule has 0 spiro atoms. The Hall–Kier alpha value is -3.77. The SMILES string of the molecule is CN(Cc1cn(-c2ccccc2)nc1-c1ccccc1)C(C(N)=O)c1cccc(F)c1. The number of hydrogen-bond acceptors (Lipinski definition) is 3. The van der Waals surface area contributed by atoms with Crippen LogP contribution in [0.1, 0.15) is 17.2 Å². The van der Waals surface area contributed by atoms with Crippen molar-refractivity contribution in [2.75, 3.05) is 7.05 Å². The number of para-hydroxylation sites is 1.